The molecule has 2 heterocycles. The second-order valence-corrected chi connectivity index (χ2v) is 4.57. The Morgan fingerprint density at radius 3 is 3.00 bits per heavy atom. The Morgan fingerprint density at radius 1 is 1.50 bits per heavy atom. The lowest BCUT2D eigenvalue weighted by atomic mass is 10.0. The minimum absolute atomic E-state index is 0.0835. The van der Waals surface area contributed by atoms with Gasteiger partial charge in [-0.3, -0.25) is 4.98 Å². The summed E-state index contributed by atoms with van der Waals surface area (Å²) in [7, 11) is 1.96. The number of aryl methyl sites for hydroxylation is 1. The number of halogens is 1. The van der Waals surface area contributed by atoms with Crippen LogP contribution >= 0.6 is 0 Å². The van der Waals surface area contributed by atoms with Gasteiger partial charge in [-0.25, -0.2) is 4.39 Å². The van der Waals surface area contributed by atoms with E-state index < -0.39 is 6.17 Å². The highest BCUT2D eigenvalue weighted by Gasteiger charge is 2.27. The fraction of sp³-hybridized carbons (Fsp3) is 0.583. The van der Waals surface area contributed by atoms with E-state index in [0.717, 1.165) is 24.2 Å². The fourth-order valence-corrected chi connectivity index (χ4v) is 2.07. The van der Waals surface area contributed by atoms with Crippen molar-refractivity contribution in [3.63, 3.8) is 0 Å². The van der Waals surface area contributed by atoms with Gasteiger partial charge >= 0.3 is 0 Å². The molecule has 0 aliphatic carbocycles. The molecule has 1 saturated heterocycles. The summed E-state index contributed by atoms with van der Waals surface area (Å²) in [6.45, 7) is 3.44. The largest absolute Gasteiger partial charge is 0.378 e. The third-order valence-corrected chi connectivity index (χ3v) is 2.97. The zero-order chi connectivity index (χ0) is 11.5. The highest BCUT2D eigenvalue weighted by molar-refractivity contribution is 5.43. The number of hydrogen-bond acceptors (Lipinski definition) is 3. The SMILES string of the molecule is Cc1cncc(N[C@@H]2CCN(C)C[C@@H]2F)c1. The lowest BCUT2D eigenvalue weighted by Crippen LogP contribution is -2.46. The number of likely N-dealkylation sites (tertiary alicyclic amines) is 1. The van der Waals surface area contributed by atoms with E-state index in [-0.39, 0.29) is 6.04 Å². The van der Waals surface area contributed by atoms with Crippen molar-refractivity contribution in [2.45, 2.75) is 25.6 Å². The van der Waals surface area contributed by atoms with E-state index in [1.807, 2.05) is 24.9 Å². The Morgan fingerprint density at radius 2 is 2.31 bits per heavy atom. The molecule has 1 aromatic rings. The van der Waals surface area contributed by atoms with E-state index in [0.29, 0.717) is 6.54 Å². The zero-order valence-corrected chi connectivity index (χ0v) is 9.78. The van der Waals surface area contributed by atoms with E-state index in [2.05, 4.69) is 10.3 Å². The minimum Gasteiger partial charge on any atom is -0.378 e. The smallest absolute Gasteiger partial charge is 0.133 e. The Hall–Kier alpha value is -1.16. The van der Waals surface area contributed by atoms with Crippen molar-refractivity contribution in [3.05, 3.63) is 24.0 Å². The van der Waals surface area contributed by atoms with Crippen LogP contribution in [0.15, 0.2) is 18.5 Å². The third-order valence-electron chi connectivity index (χ3n) is 2.97. The second-order valence-electron chi connectivity index (χ2n) is 4.57. The maximum atomic E-state index is 13.8. The first-order valence-electron chi connectivity index (χ1n) is 5.66. The summed E-state index contributed by atoms with van der Waals surface area (Å²) in [5.41, 5.74) is 2.01. The van der Waals surface area contributed by atoms with E-state index in [9.17, 15) is 4.39 Å². The van der Waals surface area contributed by atoms with Crippen molar-refractivity contribution in [1.82, 2.24) is 9.88 Å². The summed E-state index contributed by atoms with van der Waals surface area (Å²) < 4.78 is 13.8. The van der Waals surface area contributed by atoms with Crippen molar-refractivity contribution in [2.75, 3.05) is 25.5 Å². The van der Waals surface area contributed by atoms with Crippen LogP contribution in [0.1, 0.15) is 12.0 Å². The average molecular weight is 223 g/mol. The molecule has 2 rings (SSSR count). The number of pyridine rings is 1. The topological polar surface area (TPSA) is 28.2 Å². The Kier molecular flexibility index (Phi) is 3.39. The Balaban J connectivity index is 1.99. The second kappa shape index (κ2) is 4.78. The molecular weight excluding hydrogens is 205 g/mol. The van der Waals surface area contributed by atoms with Gasteiger partial charge in [0, 0.05) is 25.5 Å². The molecule has 2 atom stereocenters. The van der Waals surface area contributed by atoms with Crippen LogP contribution in [0.4, 0.5) is 10.1 Å². The molecule has 0 radical (unpaired) electrons. The summed E-state index contributed by atoms with van der Waals surface area (Å²) in [6, 6.07) is 1.91. The van der Waals surface area contributed by atoms with Crippen LogP contribution in [0, 0.1) is 6.92 Å². The number of hydrogen-bond donors (Lipinski definition) is 1. The quantitative estimate of drug-likeness (QED) is 0.829. The highest BCUT2D eigenvalue weighted by atomic mass is 19.1. The molecule has 0 unspecified atom stereocenters. The van der Waals surface area contributed by atoms with Crippen LogP contribution in [-0.4, -0.2) is 42.2 Å². The molecule has 1 aliphatic rings. The monoisotopic (exact) mass is 223 g/mol. The van der Waals surface area contributed by atoms with Crippen molar-refractivity contribution in [2.24, 2.45) is 0 Å². The predicted octanol–water partition coefficient (Wildman–Crippen LogP) is 1.84. The number of aromatic nitrogens is 1. The van der Waals surface area contributed by atoms with Gasteiger partial charge < -0.3 is 10.2 Å². The van der Waals surface area contributed by atoms with Crippen molar-refractivity contribution < 1.29 is 4.39 Å². The third kappa shape index (κ3) is 2.70. The number of nitrogens with zero attached hydrogens (tertiary/aromatic N) is 2. The lowest BCUT2D eigenvalue weighted by molar-refractivity contribution is 0.149. The molecule has 0 aromatic carbocycles. The predicted molar refractivity (Wildman–Crippen MR) is 63.4 cm³/mol. The normalized spacial score (nSPS) is 26.7. The summed E-state index contributed by atoms with van der Waals surface area (Å²) in [5.74, 6) is 0. The van der Waals surface area contributed by atoms with E-state index in [1.165, 1.54) is 0 Å². The first-order chi connectivity index (χ1) is 7.65. The zero-order valence-electron chi connectivity index (χ0n) is 9.78. The molecule has 3 nitrogen and oxygen atoms in total. The fourth-order valence-electron chi connectivity index (χ4n) is 2.07. The van der Waals surface area contributed by atoms with Gasteiger partial charge in [-0.15, -0.1) is 0 Å². The lowest BCUT2D eigenvalue weighted by Gasteiger charge is -2.33. The first kappa shape index (κ1) is 11.3. The van der Waals surface area contributed by atoms with Gasteiger partial charge in [-0.1, -0.05) is 0 Å². The van der Waals surface area contributed by atoms with Crippen LogP contribution in [0.5, 0.6) is 0 Å². The molecule has 0 bridgehead atoms. The van der Waals surface area contributed by atoms with Crippen molar-refractivity contribution >= 4 is 5.69 Å². The van der Waals surface area contributed by atoms with E-state index >= 15 is 0 Å². The maximum absolute atomic E-state index is 13.8. The van der Waals surface area contributed by atoms with Crippen molar-refractivity contribution in [3.8, 4) is 0 Å². The summed E-state index contributed by atoms with van der Waals surface area (Å²) in [6.07, 6.45) is 3.58. The number of alkyl halides is 1. The number of nitrogens with one attached hydrogen (secondary N) is 1. The summed E-state index contributed by atoms with van der Waals surface area (Å²) in [5, 5.41) is 3.23. The summed E-state index contributed by atoms with van der Waals surface area (Å²) in [4.78, 5) is 6.12. The van der Waals surface area contributed by atoms with Crippen molar-refractivity contribution in [1.29, 1.82) is 0 Å². The Labute approximate surface area is 95.7 Å². The standard InChI is InChI=1S/C12H18FN3/c1-9-5-10(7-14-6-9)15-12-3-4-16(2)8-11(12)13/h5-7,11-12,15H,3-4,8H2,1-2H3/t11-,12+/m0/s1. The van der Waals surface area contributed by atoms with Gasteiger partial charge in [-0.2, -0.15) is 0 Å². The molecule has 88 valence electrons. The molecule has 4 heteroatoms. The molecule has 1 fully saturated rings. The van der Waals surface area contributed by atoms with Crippen LogP contribution < -0.4 is 5.32 Å². The molecule has 1 N–H and O–H groups in total. The van der Waals surface area contributed by atoms with Gasteiger partial charge in [0.2, 0.25) is 0 Å². The molecule has 1 aromatic heterocycles. The van der Waals surface area contributed by atoms with E-state index in [1.54, 1.807) is 12.4 Å². The minimum atomic E-state index is -0.806. The summed E-state index contributed by atoms with van der Waals surface area (Å²) >= 11 is 0. The molecule has 0 spiro atoms. The van der Waals surface area contributed by atoms with Gasteiger partial charge in [0.1, 0.15) is 6.17 Å². The molecule has 1 aliphatic heterocycles. The van der Waals surface area contributed by atoms with Crippen LogP contribution in [0.25, 0.3) is 0 Å². The first-order valence-corrected chi connectivity index (χ1v) is 5.66. The Bertz CT molecular complexity index is 356. The molecular formula is C12H18FN3. The average Bonchev–Trinajstić information content (AvgIpc) is 2.22. The van der Waals surface area contributed by atoms with E-state index in [4.69, 9.17) is 0 Å². The van der Waals surface area contributed by atoms with Gasteiger partial charge in [0.15, 0.2) is 0 Å². The number of rotatable bonds is 2. The molecule has 16 heavy (non-hydrogen) atoms. The van der Waals surface area contributed by atoms with Crippen LogP contribution in [0.2, 0.25) is 0 Å². The molecule has 0 saturated carbocycles. The molecule has 0 amide bonds. The van der Waals surface area contributed by atoms with Crippen LogP contribution in [0.3, 0.4) is 0 Å². The highest BCUT2D eigenvalue weighted by Crippen LogP contribution is 2.18. The number of anilines is 1. The maximum Gasteiger partial charge on any atom is 0.133 e. The van der Waals surface area contributed by atoms with Gasteiger partial charge in [-0.05, 0) is 32.0 Å². The van der Waals surface area contributed by atoms with Gasteiger partial charge in [0.05, 0.1) is 11.7 Å². The van der Waals surface area contributed by atoms with Gasteiger partial charge in [0.25, 0.3) is 0 Å². The number of piperidine rings is 1. The van der Waals surface area contributed by atoms with Crippen LogP contribution in [-0.2, 0) is 0 Å².